The van der Waals surface area contributed by atoms with E-state index in [1.54, 1.807) is 24.3 Å². The number of nitrogens with zero attached hydrogens (tertiary/aromatic N) is 2. The van der Waals surface area contributed by atoms with Gasteiger partial charge in [-0.05, 0) is 19.1 Å². The number of hydrogen-bond acceptors (Lipinski definition) is 4. The molecule has 0 fully saturated rings. The summed E-state index contributed by atoms with van der Waals surface area (Å²) in [4.78, 5) is 24.8. The average molecular weight is 322 g/mol. The highest BCUT2D eigenvalue weighted by Crippen LogP contribution is 2.39. The summed E-state index contributed by atoms with van der Waals surface area (Å²) >= 11 is 0. The Bertz CT molecular complexity index is 787. The van der Waals surface area contributed by atoms with Crippen molar-refractivity contribution in [3.05, 3.63) is 71.8 Å². The highest BCUT2D eigenvalue weighted by Gasteiger charge is 2.49. The molecule has 0 saturated heterocycles. The molecule has 0 bridgehead atoms. The number of ether oxygens (including phenoxy) is 1. The lowest BCUT2D eigenvalue weighted by molar-refractivity contribution is -0.156. The van der Waals surface area contributed by atoms with Gasteiger partial charge in [0, 0.05) is 18.2 Å². The first kappa shape index (κ1) is 15.9. The van der Waals surface area contributed by atoms with Crippen LogP contribution in [0.25, 0.3) is 0 Å². The van der Waals surface area contributed by atoms with E-state index in [0.717, 1.165) is 5.71 Å². The summed E-state index contributed by atoms with van der Waals surface area (Å²) in [5.74, 6) is -0.771. The molecule has 0 aliphatic carbocycles. The van der Waals surface area contributed by atoms with Crippen LogP contribution < -0.4 is 0 Å². The molecule has 0 N–H and O–H groups in total. The zero-order valence-corrected chi connectivity index (χ0v) is 13.6. The number of rotatable bonds is 3. The van der Waals surface area contributed by atoms with Gasteiger partial charge < -0.3 is 4.74 Å². The number of hydrogen-bond donors (Lipinski definition) is 0. The monoisotopic (exact) mass is 322 g/mol. The van der Waals surface area contributed by atoms with Crippen molar-refractivity contribution >= 4 is 17.6 Å². The SMILES string of the molecule is CC(=O)N1N=C(C)CC1(OC(=O)c1ccccc1)c1ccccc1. The molecule has 5 nitrogen and oxygen atoms in total. The van der Waals surface area contributed by atoms with Crippen molar-refractivity contribution in [1.29, 1.82) is 0 Å². The lowest BCUT2D eigenvalue weighted by atomic mass is 9.97. The molecule has 24 heavy (non-hydrogen) atoms. The zero-order valence-electron chi connectivity index (χ0n) is 13.6. The number of hydrazone groups is 1. The van der Waals surface area contributed by atoms with Crippen LogP contribution in [0.3, 0.4) is 0 Å². The maximum Gasteiger partial charge on any atom is 0.340 e. The molecule has 0 aromatic heterocycles. The van der Waals surface area contributed by atoms with Crippen molar-refractivity contribution in [2.75, 3.05) is 0 Å². The summed E-state index contributed by atoms with van der Waals surface area (Å²) < 4.78 is 5.87. The Hall–Kier alpha value is -2.95. The van der Waals surface area contributed by atoms with Crippen LogP contribution in [0.1, 0.15) is 36.2 Å². The minimum absolute atomic E-state index is 0.281. The Balaban J connectivity index is 2.04. The topological polar surface area (TPSA) is 59.0 Å². The van der Waals surface area contributed by atoms with Crippen LogP contribution in [0.5, 0.6) is 0 Å². The smallest absolute Gasteiger partial charge is 0.340 e. The van der Waals surface area contributed by atoms with E-state index < -0.39 is 11.7 Å². The fourth-order valence-corrected chi connectivity index (χ4v) is 2.88. The molecule has 3 rings (SSSR count). The number of esters is 1. The van der Waals surface area contributed by atoms with Gasteiger partial charge in [0.25, 0.3) is 0 Å². The number of benzene rings is 2. The predicted octanol–water partition coefficient (Wildman–Crippen LogP) is 3.32. The molecule has 0 radical (unpaired) electrons. The van der Waals surface area contributed by atoms with Crippen LogP contribution in [0.2, 0.25) is 0 Å². The van der Waals surface area contributed by atoms with Crippen molar-refractivity contribution in [2.24, 2.45) is 5.10 Å². The van der Waals surface area contributed by atoms with Gasteiger partial charge in [-0.25, -0.2) is 4.79 Å². The summed E-state index contributed by atoms with van der Waals surface area (Å²) in [5, 5.41) is 5.55. The molecule has 0 saturated carbocycles. The molecule has 1 aliphatic rings. The fraction of sp³-hybridized carbons (Fsp3) is 0.211. The van der Waals surface area contributed by atoms with E-state index in [-0.39, 0.29) is 5.91 Å². The number of carbonyl (C=O) groups is 2. The van der Waals surface area contributed by atoms with E-state index in [1.807, 2.05) is 43.3 Å². The van der Waals surface area contributed by atoms with Gasteiger partial charge >= 0.3 is 5.97 Å². The summed E-state index contributed by atoms with van der Waals surface area (Å²) in [6.45, 7) is 3.23. The Morgan fingerprint density at radius 2 is 1.62 bits per heavy atom. The Kier molecular flexibility index (Phi) is 4.16. The first-order valence-electron chi connectivity index (χ1n) is 7.72. The summed E-state index contributed by atoms with van der Waals surface area (Å²) in [7, 11) is 0. The van der Waals surface area contributed by atoms with E-state index in [2.05, 4.69) is 5.10 Å². The van der Waals surface area contributed by atoms with Gasteiger partial charge in [-0.15, -0.1) is 0 Å². The van der Waals surface area contributed by atoms with E-state index in [4.69, 9.17) is 4.74 Å². The molecule has 5 heteroatoms. The van der Waals surface area contributed by atoms with Crippen LogP contribution >= 0.6 is 0 Å². The molecule has 1 aliphatic heterocycles. The third kappa shape index (κ3) is 2.80. The second-order valence-corrected chi connectivity index (χ2v) is 5.75. The van der Waals surface area contributed by atoms with E-state index in [1.165, 1.54) is 11.9 Å². The van der Waals surface area contributed by atoms with Crippen LogP contribution in [-0.2, 0) is 15.3 Å². The molecule has 1 unspecified atom stereocenters. The minimum Gasteiger partial charge on any atom is -0.428 e. The second-order valence-electron chi connectivity index (χ2n) is 5.75. The highest BCUT2D eigenvalue weighted by molar-refractivity contribution is 5.92. The van der Waals surface area contributed by atoms with Crippen LogP contribution in [0.4, 0.5) is 0 Å². The van der Waals surface area contributed by atoms with Gasteiger partial charge in [-0.1, -0.05) is 48.5 Å². The zero-order chi connectivity index (χ0) is 17.2. The second kappa shape index (κ2) is 6.28. The van der Waals surface area contributed by atoms with Gasteiger partial charge in [0.1, 0.15) is 0 Å². The molecule has 1 atom stereocenters. The average Bonchev–Trinajstić information content (AvgIpc) is 2.94. The van der Waals surface area contributed by atoms with Crippen molar-refractivity contribution in [3.63, 3.8) is 0 Å². The van der Waals surface area contributed by atoms with Gasteiger partial charge in [0.15, 0.2) is 0 Å². The normalized spacial score (nSPS) is 19.8. The molecule has 1 heterocycles. The van der Waals surface area contributed by atoms with Crippen molar-refractivity contribution < 1.29 is 14.3 Å². The largest absolute Gasteiger partial charge is 0.428 e. The van der Waals surface area contributed by atoms with E-state index in [9.17, 15) is 9.59 Å². The quantitative estimate of drug-likeness (QED) is 0.815. The van der Waals surface area contributed by atoms with E-state index in [0.29, 0.717) is 17.5 Å². The molecular weight excluding hydrogens is 304 g/mol. The number of carbonyl (C=O) groups excluding carboxylic acids is 2. The lowest BCUT2D eigenvalue weighted by Crippen LogP contribution is -2.46. The predicted molar refractivity (Wildman–Crippen MR) is 90.2 cm³/mol. The summed E-state index contributed by atoms with van der Waals surface area (Å²) in [5.41, 5.74) is 0.630. The molecule has 122 valence electrons. The third-order valence-electron chi connectivity index (χ3n) is 3.90. The molecular formula is C19H18N2O3. The maximum atomic E-state index is 12.6. The highest BCUT2D eigenvalue weighted by atomic mass is 16.6. The van der Waals surface area contributed by atoms with E-state index >= 15 is 0 Å². The molecule has 0 spiro atoms. The molecule has 1 amide bonds. The fourth-order valence-electron chi connectivity index (χ4n) is 2.88. The third-order valence-corrected chi connectivity index (χ3v) is 3.90. The Labute approximate surface area is 140 Å². The summed E-state index contributed by atoms with van der Waals surface area (Å²) in [6.07, 6.45) is 0.342. The van der Waals surface area contributed by atoms with Gasteiger partial charge in [-0.3, -0.25) is 4.79 Å². The first-order chi connectivity index (χ1) is 11.5. The Morgan fingerprint density at radius 3 is 2.21 bits per heavy atom. The standard InChI is InChI=1S/C19H18N2O3/c1-14-13-19(21(20-14)15(2)22,17-11-7-4-8-12-17)24-18(23)16-9-5-3-6-10-16/h3-12H,13H2,1-2H3. The van der Waals surface area contributed by atoms with Crippen molar-refractivity contribution in [2.45, 2.75) is 26.0 Å². The van der Waals surface area contributed by atoms with Gasteiger partial charge in [-0.2, -0.15) is 10.1 Å². The van der Waals surface area contributed by atoms with Crippen LogP contribution in [0, 0.1) is 0 Å². The Morgan fingerprint density at radius 1 is 1.04 bits per heavy atom. The molecule has 2 aromatic rings. The van der Waals surface area contributed by atoms with Crippen molar-refractivity contribution in [1.82, 2.24) is 5.01 Å². The van der Waals surface area contributed by atoms with Crippen LogP contribution in [-0.4, -0.2) is 22.6 Å². The summed E-state index contributed by atoms with van der Waals surface area (Å²) in [6, 6.07) is 18.0. The van der Waals surface area contributed by atoms with Crippen LogP contribution in [0.15, 0.2) is 65.8 Å². The maximum absolute atomic E-state index is 12.6. The number of amides is 1. The first-order valence-corrected chi connectivity index (χ1v) is 7.72. The minimum atomic E-state index is -1.25. The van der Waals surface area contributed by atoms with Gasteiger partial charge in [0.05, 0.1) is 12.0 Å². The van der Waals surface area contributed by atoms with Gasteiger partial charge in [0.2, 0.25) is 11.6 Å². The van der Waals surface area contributed by atoms with Crippen molar-refractivity contribution in [3.8, 4) is 0 Å². The lowest BCUT2D eigenvalue weighted by Gasteiger charge is -2.35. The molecule has 2 aromatic carbocycles.